The SMILES string of the molecule is CNCC1C(C)(C)C1(C)c1ccc(Cl)cc1Cl. The molecule has 1 saturated carbocycles. The monoisotopic (exact) mass is 271 g/mol. The zero-order chi connectivity index (χ0) is 12.8. The number of hydrogen-bond donors (Lipinski definition) is 1. The highest BCUT2D eigenvalue weighted by Gasteiger charge is 2.68. The topological polar surface area (TPSA) is 12.0 Å². The van der Waals surface area contributed by atoms with E-state index in [2.05, 4.69) is 32.2 Å². The minimum Gasteiger partial charge on any atom is -0.319 e. The zero-order valence-electron chi connectivity index (χ0n) is 10.8. The molecule has 0 bridgehead atoms. The Morgan fingerprint density at radius 2 is 1.88 bits per heavy atom. The van der Waals surface area contributed by atoms with Gasteiger partial charge in [-0.15, -0.1) is 0 Å². The molecule has 0 aromatic heterocycles. The second-order valence-corrected chi connectivity index (χ2v) is 6.50. The van der Waals surface area contributed by atoms with Crippen LogP contribution in [0.2, 0.25) is 10.0 Å². The van der Waals surface area contributed by atoms with E-state index in [9.17, 15) is 0 Å². The van der Waals surface area contributed by atoms with E-state index in [4.69, 9.17) is 23.2 Å². The van der Waals surface area contributed by atoms with Gasteiger partial charge in [0.05, 0.1) is 0 Å². The van der Waals surface area contributed by atoms with Crippen LogP contribution in [0, 0.1) is 11.3 Å². The van der Waals surface area contributed by atoms with Crippen LogP contribution in [0.1, 0.15) is 26.3 Å². The first-order valence-electron chi connectivity index (χ1n) is 5.96. The van der Waals surface area contributed by atoms with Crippen molar-refractivity contribution in [3.05, 3.63) is 33.8 Å². The maximum absolute atomic E-state index is 6.34. The largest absolute Gasteiger partial charge is 0.319 e. The molecule has 1 aromatic rings. The Morgan fingerprint density at radius 1 is 1.24 bits per heavy atom. The molecule has 1 aliphatic rings. The lowest BCUT2D eigenvalue weighted by atomic mass is 9.89. The highest BCUT2D eigenvalue weighted by molar-refractivity contribution is 6.35. The Bertz CT molecular complexity index is 442. The fraction of sp³-hybridized carbons (Fsp3) is 0.571. The molecular weight excluding hydrogens is 253 g/mol. The van der Waals surface area contributed by atoms with Gasteiger partial charge in [0.1, 0.15) is 0 Å². The fourth-order valence-corrected chi connectivity index (χ4v) is 3.82. The van der Waals surface area contributed by atoms with E-state index in [0.717, 1.165) is 11.6 Å². The van der Waals surface area contributed by atoms with Crippen molar-refractivity contribution in [2.75, 3.05) is 13.6 Å². The van der Waals surface area contributed by atoms with E-state index < -0.39 is 0 Å². The molecular formula is C14H19Cl2N. The lowest BCUT2D eigenvalue weighted by Crippen LogP contribution is -2.16. The molecule has 94 valence electrons. The summed E-state index contributed by atoms with van der Waals surface area (Å²) < 4.78 is 0. The van der Waals surface area contributed by atoms with E-state index >= 15 is 0 Å². The van der Waals surface area contributed by atoms with Gasteiger partial charge in [-0.25, -0.2) is 0 Å². The zero-order valence-corrected chi connectivity index (χ0v) is 12.3. The minimum atomic E-state index is 0.137. The predicted molar refractivity (Wildman–Crippen MR) is 75.0 cm³/mol. The third kappa shape index (κ3) is 1.80. The number of benzene rings is 1. The number of nitrogens with one attached hydrogen (secondary N) is 1. The van der Waals surface area contributed by atoms with Gasteiger partial charge >= 0.3 is 0 Å². The van der Waals surface area contributed by atoms with Crippen molar-refractivity contribution in [2.24, 2.45) is 11.3 Å². The molecule has 1 fully saturated rings. The first-order valence-corrected chi connectivity index (χ1v) is 6.71. The van der Waals surface area contributed by atoms with E-state index in [0.29, 0.717) is 10.9 Å². The van der Waals surface area contributed by atoms with Gasteiger partial charge in [0.15, 0.2) is 0 Å². The maximum Gasteiger partial charge on any atom is 0.0458 e. The van der Waals surface area contributed by atoms with E-state index in [1.165, 1.54) is 5.56 Å². The summed E-state index contributed by atoms with van der Waals surface area (Å²) in [4.78, 5) is 0. The second-order valence-electron chi connectivity index (χ2n) is 5.66. The van der Waals surface area contributed by atoms with Crippen molar-refractivity contribution in [1.82, 2.24) is 5.32 Å². The van der Waals surface area contributed by atoms with Crippen molar-refractivity contribution >= 4 is 23.2 Å². The predicted octanol–water partition coefficient (Wildman–Crippen LogP) is 4.13. The van der Waals surface area contributed by atoms with E-state index in [-0.39, 0.29) is 10.8 Å². The van der Waals surface area contributed by atoms with Crippen LogP contribution in [-0.2, 0) is 5.41 Å². The molecule has 1 aromatic carbocycles. The Morgan fingerprint density at radius 3 is 2.41 bits per heavy atom. The summed E-state index contributed by atoms with van der Waals surface area (Å²) in [6.07, 6.45) is 0. The lowest BCUT2D eigenvalue weighted by Gasteiger charge is -2.17. The smallest absolute Gasteiger partial charge is 0.0458 e. The fourth-order valence-electron chi connectivity index (χ4n) is 3.21. The summed E-state index contributed by atoms with van der Waals surface area (Å²) in [5, 5.41) is 4.76. The summed E-state index contributed by atoms with van der Waals surface area (Å²) in [7, 11) is 2.00. The van der Waals surface area contributed by atoms with Gasteiger partial charge in [-0.3, -0.25) is 0 Å². The number of halogens is 2. The molecule has 17 heavy (non-hydrogen) atoms. The van der Waals surface area contributed by atoms with Gasteiger partial charge < -0.3 is 5.32 Å². The van der Waals surface area contributed by atoms with Crippen LogP contribution in [0.15, 0.2) is 18.2 Å². The number of rotatable bonds is 3. The lowest BCUT2D eigenvalue weighted by molar-refractivity contribution is 0.513. The molecule has 2 rings (SSSR count). The summed E-state index contributed by atoms with van der Waals surface area (Å²) in [5.74, 6) is 0.610. The van der Waals surface area contributed by atoms with Crippen molar-refractivity contribution in [2.45, 2.75) is 26.2 Å². The minimum absolute atomic E-state index is 0.137. The molecule has 0 amide bonds. The Balaban J connectivity index is 2.40. The molecule has 0 saturated heterocycles. The third-order valence-electron chi connectivity index (χ3n) is 4.72. The normalized spacial score (nSPS) is 30.4. The van der Waals surface area contributed by atoms with Crippen molar-refractivity contribution in [3.63, 3.8) is 0 Å². The molecule has 1 N–H and O–H groups in total. The molecule has 0 aliphatic heterocycles. The van der Waals surface area contributed by atoms with Gasteiger partial charge in [0, 0.05) is 15.5 Å². The van der Waals surface area contributed by atoms with Gasteiger partial charge in [0.25, 0.3) is 0 Å². The summed E-state index contributed by atoms with van der Waals surface area (Å²) >= 11 is 12.3. The molecule has 3 heteroatoms. The second kappa shape index (κ2) is 4.15. The van der Waals surface area contributed by atoms with Crippen molar-refractivity contribution in [1.29, 1.82) is 0 Å². The molecule has 0 radical (unpaired) electrons. The quantitative estimate of drug-likeness (QED) is 0.872. The van der Waals surface area contributed by atoms with Crippen LogP contribution in [0.4, 0.5) is 0 Å². The Labute approximate surface area is 114 Å². The van der Waals surface area contributed by atoms with Crippen LogP contribution in [0.5, 0.6) is 0 Å². The Kier molecular flexibility index (Phi) is 3.22. The summed E-state index contributed by atoms with van der Waals surface area (Å²) in [5.41, 5.74) is 1.62. The van der Waals surface area contributed by atoms with Gasteiger partial charge in [-0.1, -0.05) is 50.0 Å². The molecule has 2 unspecified atom stereocenters. The van der Waals surface area contributed by atoms with Crippen molar-refractivity contribution < 1.29 is 0 Å². The molecule has 2 atom stereocenters. The molecule has 1 nitrogen and oxygen atoms in total. The van der Waals surface area contributed by atoms with Crippen LogP contribution in [0.25, 0.3) is 0 Å². The molecule has 0 heterocycles. The third-order valence-corrected chi connectivity index (χ3v) is 5.27. The van der Waals surface area contributed by atoms with Gasteiger partial charge in [-0.2, -0.15) is 0 Å². The van der Waals surface area contributed by atoms with Crippen molar-refractivity contribution in [3.8, 4) is 0 Å². The van der Waals surface area contributed by atoms with E-state index in [1.54, 1.807) is 0 Å². The van der Waals surface area contributed by atoms with Crippen LogP contribution < -0.4 is 5.32 Å². The first-order chi connectivity index (χ1) is 7.85. The van der Waals surface area contributed by atoms with Crippen LogP contribution >= 0.6 is 23.2 Å². The van der Waals surface area contributed by atoms with Crippen LogP contribution in [-0.4, -0.2) is 13.6 Å². The number of hydrogen-bond acceptors (Lipinski definition) is 1. The first kappa shape index (κ1) is 13.2. The molecule has 1 aliphatic carbocycles. The molecule has 0 spiro atoms. The Hall–Kier alpha value is -0.240. The highest BCUT2D eigenvalue weighted by Crippen LogP contribution is 2.69. The standard InChI is InChI=1S/C14H19Cl2N/c1-13(2)12(8-17-4)14(13,3)10-6-5-9(15)7-11(10)16/h5-7,12,17H,8H2,1-4H3. The average molecular weight is 272 g/mol. The maximum atomic E-state index is 6.34. The summed E-state index contributed by atoms with van der Waals surface area (Å²) in [6.45, 7) is 7.92. The highest BCUT2D eigenvalue weighted by atomic mass is 35.5. The van der Waals surface area contributed by atoms with E-state index in [1.807, 2.05) is 19.2 Å². The van der Waals surface area contributed by atoms with Gasteiger partial charge in [-0.05, 0) is 42.6 Å². The summed E-state index contributed by atoms with van der Waals surface area (Å²) in [6, 6.07) is 5.84. The van der Waals surface area contributed by atoms with Gasteiger partial charge in [0.2, 0.25) is 0 Å². The average Bonchev–Trinajstić information content (AvgIpc) is 2.64. The van der Waals surface area contributed by atoms with Crippen LogP contribution in [0.3, 0.4) is 0 Å².